The molecule has 9 nitrogen and oxygen atoms in total. The van der Waals surface area contributed by atoms with Gasteiger partial charge in [-0.2, -0.15) is 13.2 Å². The average Bonchev–Trinajstić information content (AvgIpc) is 3.24. The predicted octanol–water partition coefficient (Wildman–Crippen LogP) is 3.38. The van der Waals surface area contributed by atoms with Crippen molar-refractivity contribution in [3.63, 3.8) is 0 Å². The number of β-amino-alcohol motifs (C(OH)–C–C–N with tert-alkyl or cyclic N) is 1. The molecule has 0 radical (unpaired) electrons. The van der Waals surface area contributed by atoms with Gasteiger partial charge in [0, 0.05) is 49.7 Å². The summed E-state index contributed by atoms with van der Waals surface area (Å²) in [5.41, 5.74) is 2.32. The fraction of sp³-hybridized carbons (Fsp3) is 0.423. The molecule has 2 aromatic rings. The van der Waals surface area contributed by atoms with Crippen LogP contribution in [0, 0.1) is 0 Å². The number of carbonyl (C=O) groups excluding carboxylic acids is 2. The number of aliphatic carboxylic acids is 1. The number of alkyl halides is 3. The summed E-state index contributed by atoms with van der Waals surface area (Å²) in [6.07, 6.45) is -3.91. The fourth-order valence-electron chi connectivity index (χ4n) is 4.52. The summed E-state index contributed by atoms with van der Waals surface area (Å²) in [6.45, 7) is 4.00. The highest BCUT2D eigenvalue weighted by molar-refractivity contribution is 6.30. The van der Waals surface area contributed by atoms with E-state index in [1.165, 1.54) is 6.92 Å². The maximum atomic E-state index is 12.7. The molecular formula is C26H30ClF3N4O5. The topological polar surface area (TPSA) is 122 Å². The van der Waals surface area contributed by atoms with Gasteiger partial charge in [-0.05, 0) is 49.2 Å². The minimum absolute atomic E-state index is 0.0294. The number of para-hydroxylation sites is 2. The van der Waals surface area contributed by atoms with Gasteiger partial charge in [-0.1, -0.05) is 23.7 Å². The summed E-state index contributed by atoms with van der Waals surface area (Å²) in [7, 11) is 0. The average molecular weight is 571 g/mol. The number of halogens is 4. The van der Waals surface area contributed by atoms with Crippen molar-refractivity contribution in [2.75, 3.05) is 36.4 Å². The molecule has 2 amide bonds. The van der Waals surface area contributed by atoms with Crippen molar-refractivity contribution in [2.24, 2.45) is 0 Å². The molecular weight excluding hydrogens is 541 g/mol. The van der Waals surface area contributed by atoms with Crippen LogP contribution in [0.2, 0.25) is 5.02 Å². The van der Waals surface area contributed by atoms with Crippen molar-refractivity contribution in [3.8, 4) is 0 Å². The Morgan fingerprint density at radius 2 is 1.59 bits per heavy atom. The van der Waals surface area contributed by atoms with Gasteiger partial charge in [0.05, 0.1) is 23.5 Å². The molecule has 2 heterocycles. The molecule has 2 atom stereocenters. The van der Waals surface area contributed by atoms with Crippen molar-refractivity contribution in [2.45, 2.75) is 44.1 Å². The van der Waals surface area contributed by atoms with E-state index >= 15 is 0 Å². The van der Waals surface area contributed by atoms with Crippen LogP contribution in [-0.4, -0.2) is 83.4 Å². The maximum Gasteiger partial charge on any atom is 0.490 e. The number of likely N-dealkylation sites (tertiary alicyclic amines) is 1. The molecule has 2 aliphatic heterocycles. The number of amides is 2. The molecule has 0 unspecified atom stereocenters. The summed E-state index contributed by atoms with van der Waals surface area (Å²) >= 11 is 5.92. The Bertz CT molecular complexity index is 1160. The summed E-state index contributed by atoms with van der Waals surface area (Å²) in [5.74, 6) is -2.85. The Morgan fingerprint density at radius 1 is 1.00 bits per heavy atom. The summed E-state index contributed by atoms with van der Waals surface area (Å²) in [5, 5.41) is 24.9. The Kier molecular flexibility index (Phi) is 10.2. The van der Waals surface area contributed by atoms with Crippen LogP contribution in [0.15, 0.2) is 48.5 Å². The number of nitrogens with one attached hydrogen (secondary N) is 2. The minimum atomic E-state index is -5.08. The normalized spacial score (nSPS) is 19.7. The molecule has 4 N–H and O–H groups in total. The number of hydrogen-bond acceptors (Lipinski definition) is 6. The molecule has 2 fully saturated rings. The Morgan fingerprint density at radius 3 is 2.15 bits per heavy atom. The number of aliphatic hydroxyl groups excluding tert-OH is 1. The standard InChI is InChI=1S/C24H29ClN4O3.C2HF3O2/c1-16(30)26-20-4-2-3-5-22(20)29-14-21(23(31)15-29)27-19-10-12-28(13-11-19)24(32)17-6-8-18(25)9-7-17;3-2(4,5)1(6)7/h2-9,19,21,23,27,31H,10-15H2,1H3,(H,26,30);(H,6,7)/t21-,23-;/m1./s1. The van der Waals surface area contributed by atoms with Crippen LogP contribution < -0.4 is 15.5 Å². The van der Waals surface area contributed by atoms with Gasteiger partial charge in [0.1, 0.15) is 0 Å². The highest BCUT2D eigenvalue weighted by Crippen LogP contribution is 2.29. The zero-order valence-electron chi connectivity index (χ0n) is 21.1. The smallest absolute Gasteiger partial charge is 0.475 e. The zero-order valence-corrected chi connectivity index (χ0v) is 21.9. The van der Waals surface area contributed by atoms with E-state index in [2.05, 4.69) is 15.5 Å². The third-order valence-corrected chi connectivity index (χ3v) is 6.66. The van der Waals surface area contributed by atoms with Crippen LogP contribution in [0.1, 0.15) is 30.1 Å². The van der Waals surface area contributed by atoms with Crippen LogP contribution in [0.25, 0.3) is 0 Å². The number of benzene rings is 2. The molecule has 0 spiro atoms. The summed E-state index contributed by atoms with van der Waals surface area (Å²) < 4.78 is 31.7. The fourth-order valence-corrected chi connectivity index (χ4v) is 4.64. The van der Waals surface area contributed by atoms with Crippen molar-refractivity contribution in [3.05, 3.63) is 59.1 Å². The number of piperidine rings is 1. The maximum absolute atomic E-state index is 12.7. The number of hydrogen-bond donors (Lipinski definition) is 4. The van der Waals surface area contributed by atoms with Gasteiger partial charge in [-0.3, -0.25) is 9.59 Å². The highest BCUT2D eigenvalue weighted by Gasteiger charge is 2.38. The van der Waals surface area contributed by atoms with Gasteiger partial charge < -0.3 is 30.6 Å². The molecule has 13 heteroatoms. The van der Waals surface area contributed by atoms with E-state index < -0.39 is 18.2 Å². The van der Waals surface area contributed by atoms with Crippen LogP contribution in [0.5, 0.6) is 0 Å². The summed E-state index contributed by atoms with van der Waals surface area (Å²) in [6, 6.07) is 14.8. The number of nitrogens with zero attached hydrogens (tertiary/aromatic N) is 2. The first-order chi connectivity index (χ1) is 18.3. The number of anilines is 2. The number of aliphatic hydroxyl groups is 1. The van der Waals surface area contributed by atoms with E-state index in [0.717, 1.165) is 24.2 Å². The number of carboxylic acid groups (broad SMARTS) is 1. The molecule has 39 heavy (non-hydrogen) atoms. The van der Waals surface area contributed by atoms with E-state index in [0.29, 0.717) is 36.8 Å². The van der Waals surface area contributed by atoms with E-state index in [1.807, 2.05) is 29.2 Å². The van der Waals surface area contributed by atoms with Crippen LogP contribution in [0.3, 0.4) is 0 Å². The zero-order chi connectivity index (χ0) is 28.7. The number of carbonyl (C=O) groups is 3. The quantitative estimate of drug-likeness (QED) is 0.435. The Balaban J connectivity index is 0.000000532. The van der Waals surface area contributed by atoms with Crippen molar-refractivity contribution >= 4 is 40.8 Å². The van der Waals surface area contributed by atoms with Gasteiger partial charge >= 0.3 is 12.1 Å². The van der Waals surface area contributed by atoms with Crippen LogP contribution in [-0.2, 0) is 9.59 Å². The lowest BCUT2D eigenvalue weighted by molar-refractivity contribution is -0.192. The van der Waals surface area contributed by atoms with Crippen molar-refractivity contribution < 1.29 is 37.8 Å². The lowest BCUT2D eigenvalue weighted by Gasteiger charge is -2.34. The molecule has 2 aromatic carbocycles. The summed E-state index contributed by atoms with van der Waals surface area (Å²) in [4.78, 5) is 37.1. The van der Waals surface area contributed by atoms with Crippen LogP contribution in [0.4, 0.5) is 24.5 Å². The van der Waals surface area contributed by atoms with E-state index in [4.69, 9.17) is 21.5 Å². The van der Waals surface area contributed by atoms with Gasteiger partial charge in [0.25, 0.3) is 5.91 Å². The predicted molar refractivity (Wildman–Crippen MR) is 140 cm³/mol. The highest BCUT2D eigenvalue weighted by atomic mass is 35.5. The first kappa shape index (κ1) is 30.2. The molecule has 0 aromatic heterocycles. The molecule has 0 aliphatic carbocycles. The SMILES string of the molecule is CC(=O)Nc1ccccc1N1C[C@@H](O)[C@H](NC2CCN(C(=O)c3ccc(Cl)cc3)CC2)C1.O=C(O)C(F)(F)F. The van der Waals surface area contributed by atoms with E-state index in [-0.39, 0.29) is 23.9 Å². The van der Waals surface area contributed by atoms with Crippen molar-refractivity contribution in [1.82, 2.24) is 10.2 Å². The molecule has 2 aliphatic rings. The first-order valence-electron chi connectivity index (χ1n) is 12.3. The monoisotopic (exact) mass is 570 g/mol. The second-order valence-corrected chi connectivity index (χ2v) is 9.76. The van der Waals surface area contributed by atoms with Gasteiger partial charge in [-0.25, -0.2) is 4.79 Å². The Hall–Kier alpha value is -3.35. The third kappa shape index (κ3) is 8.57. The molecule has 212 valence electrons. The largest absolute Gasteiger partial charge is 0.490 e. The van der Waals surface area contributed by atoms with E-state index in [1.54, 1.807) is 24.3 Å². The van der Waals surface area contributed by atoms with E-state index in [9.17, 15) is 27.9 Å². The van der Waals surface area contributed by atoms with Crippen LogP contribution >= 0.6 is 11.6 Å². The minimum Gasteiger partial charge on any atom is -0.475 e. The third-order valence-electron chi connectivity index (χ3n) is 6.41. The molecule has 2 saturated heterocycles. The van der Waals surface area contributed by atoms with Crippen molar-refractivity contribution in [1.29, 1.82) is 0 Å². The lowest BCUT2D eigenvalue weighted by Crippen LogP contribution is -2.50. The van der Waals surface area contributed by atoms with Gasteiger partial charge in [-0.15, -0.1) is 0 Å². The molecule has 4 rings (SSSR count). The number of rotatable bonds is 5. The first-order valence-corrected chi connectivity index (χ1v) is 12.6. The van der Waals surface area contributed by atoms with Gasteiger partial charge in [0.2, 0.25) is 5.91 Å². The number of carboxylic acids is 1. The van der Waals surface area contributed by atoms with Gasteiger partial charge in [0.15, 0.2) is 0 Å². The second-order valence-electron chi connectivity index (χ2n) is 9.32. The lowest BCUT2D eigenvalue weighted by atomic mass is 10.0. The second kappa shape index (κ2) is 13.1. The molecule has 0 bridgehead atoms. The molecule has 0 saturated carbocycles. The Labute approximate surface area is 228 Å².